The van der Waals surface area contributed by atoms with Crippen molar-refractivity contribution in [2.45, 2.75) is 65.4 Å². The summed E-state index contributed by atoms with van der Waals surface area (Å²) >= 11 is 0. The molecule has 0 radical (unpaired) electrons. The number of carbonyl (C=O) groups excluding carboxylic acids is 2. The zero-order chi connectivity index (χ0) is 17.8. The number of hydrogen-bond donors (Lipinski definition) is 1. The van der Waals surface area contributed by atoms with Gasteiger partial charge < -0.3 is 9.84 Å². The van der Waals surface area contributed by atoms with Crippen molar-refractivity contribution in [1.82, 2.24) is 0 Å². The van der Waals surface area contributed by atoms with Gasteiger partial charge in [0, 0.05) is 17.4 Å². The minimum absolute atomic E-state index is 0.110. The summed E-state index contributed by atoms with van der Waals surface area (Å²) in [6.45, 7) is 8.56. The summed E-state index contributed by atoms with van der Waals surface area (Å²) in [6.07, 6.45) is 7.20. The number of esters is 1. The lowest BCUT2D eigenvalue weighted by Gasteiger charge is -2.59. The minimum Gasteiger partial charge on any atom is -0.458 e. The molecule has 0 saturated heterocycles. The van der Waals surface area contributed by atoms with E-state index in [9.17, 15) is 14.7 Å². The van der Waals surface area contributed by atoms with E-state index in [-0.39, 0.29) is 23.1 Å². The third-order valence-electron chi connectivity index (χ3n) is 6.71. The minimum atomic E-state index is -1.02. The van der Waals surface area contributed by atoms with Gasteiger partial charge in [-0.1, -0.05) is 27.2 Å². The molecular weight excluding hydrogens is 304 g/mol. The van der Waals surface area contributed by atoms with Crippen LogP contribution in [0, 0.1) is 16.7 Å². The van der Waals surface area contributed by atoms with E-state index >= 15 is 0 Å². The highest BCUT2D eigenvalue weighted by Crippen LogP contribution is 2.61. The van der Waals surface area contributed by atoms with Gasteiger partial charge in [0.2, 0.25) is 0 Å². The Morgan fingerprint density at radius 1 is 1.21 bits per heavy atom. The summed E-state index contributed by atoms with van der Waals surface area (Å²) in [4.78, 5) is 24.0. The first kappa shape index (κ1) is 17.4. The van der Waals surface area contributed by atoms with E-state index in [0.717, 1.165) is 30.4 Å². The number of cyclic esters (lactones) is 1. The van der Waals surface area contributed by atoms with Crippen molar-refractivity contribution in [2.24, 2.45) is 16.7 Å². The van der Waals surface area contributed by atoms with Crippen molar-refractivity contribution < 1.29 is 19.4 Å². The van der Waals surface area contributed by atoms with Crippen LogP contribution in [0.3, 0.4) is 0 Å². The predicted octanol–water partition coefficient (Wildman–Crippen LogP) is 3.34. The number of aliphatic hydroxyl groups is 1. The highest BCUT2D eigenvalue weighted by atomic mass is 16.5. The highest BCUT2D eigenvalue weighted by Gasteiger charge is 2.61. The number of hydrogen-bond acceptors (Lipinski definition) is 4. The molecule has 24 heavy (non-hydrogen) atoms. The Bertz CT molecular complexity index is 642. The SMILES string of the molecule is CC1=CC(=O)C2C(C)(C)CCCC2(C)C1(O)CCC1=CC(=O)OC1. The Kier molecular flexibility index (Phi) is 4.03. The molecule has 0 bridgehead atoms. The highest BCUT2D eigenvalue weighted by molar-refractivity contribution is 5.95. The van der Waals surface area contributed by atoms with Crippen molar-refractivity contribution in [3.05, 3.63) is 23.3 Å². The Hall–Kier alpha value is -1.42. The summed E-state index contributed by atoms with van der Waals surface area (Å²) in [5, 5.41) is 11.7. The quantitative estimate of drug-likeness (QED) is 0.805. The first-order chi connectivity index (χ1) is 11.1. The fourth-order valence-corrected chi connectivity index (χ4v) is 5.46. The standard InChI is InChI=1S/C20H28O4/c1-13-10-15(21)17-18(2,3)7-5-8-19(17,4)20(13,23)9-6-14-11-16(22)24-12-14/h10-11,17,23H,5-9,12H2,1-4H3. The van der Waals surface area contributed by atoms with Gasteiger partial charge in [-0.15, -0.1) is 0 Å². The lowest BCUT2D eigenvalue weighted by atomic mass is 9.46. The van der Waals surface area contributed by atoms with Gasteiger partial charge in [0.15, 0.2) is 5.78 Å². The lowest BCUT2D eigenvalue weighted by Crippen LogP contribution is -2.61. The first-order valence-electron chi connectivity index (χ1n) is 8.91. The van der Waals surface area contributed by atoms with E-state index in [1.807, 2.05) is 6.92 Å². The van der Waals surface area contributed by atoms with Crippen LogP contribution in [0.15, 0.2) is 23.3 Å². The fraction of sp³-hybridized carbons (Fsp3) is 0.700. The van der Waals surface area contributed by atoms with Crippen LogP contribution >= 0.6 is 0 Å². The monoisotopic (exact) mass is 332 g/mol. The maximum absolute atomic E-state index is 12.8. The lowest BCUT2D eigenvalue weighted by molar-refractivity contribution is -0.163. The molecule has 4 nitrogen and oxygen atoms in total. The predicted molar refractivity (Wildman–Crippen MR) is 91.2 cm³/mol. The zero-order valence-corrected chi connectivity index (χ0v) is 15.1. The summed E-state index contributed by atoms with van der Waals surface area (Å²) in [5.74, 6) is -0.308. The molecule has 0 aromatic carbocycles. The molecule has 4 heteroatoms. The summed E-state index contributed by atoms with van der Waals surface area (Å²) in [7, 11) is 0. The molecule has 3 atom stereocenters. The van der Waals surface area contributed by atoms with Crippen LogP contribution in [0.4, 0.5) is 0 Å². The third-order valence-corrected chi connectivity index (χ3v) is 6.71. The van der Waals surface area contributed by atoms with E-state index in [2.05, 4.69) is 20.8 Å². The van der Waals surface area contributed by atoms with Crippen LogP contribution in [-0.4, -0.2) is 29.1 Å². The van der Waals surface area contributed by atoms with Gasteiger partial charge >= 0.3 is 5.97 Å². The molecule has 3 unspecified atom stereocenters. The number of ketones is 1. The van der Waals surface area contributed by atoms with Crippen LogP contribution < -0.4 is 0 Å². The van der Waals surface area contributed by atoms with Crippen molar-refractivity contribution in [3.63, 3.8) is 0 Å². The average molecular weight is 332 g/mol. The maximum Gasteiger partial charge on any atom is 0.331 e. The van der Waals surface area contributed by atoms with E-state index in [0.29, 0.717) is 19.4 Å². The van der Waals surface area contributed by atoms with Crippen molar-refractivity contribution in [2.75, 3.05) is 6.61 Å². The molecule has 1 saturated carbocycles. The largest absolute Gasteiger partial charge is 0.458 e. The summed E-state index contributed by atoms with van der Waals surface area (Å²) < 4.78 is 4.97. The number of carbonyl (C=O) groups is 2. The summed E-state index contributed by atoms with van der Waals surface area (Å²) in [6, 6.07) is 0. The van der Waals surface area contributed by atoms with Gasteiger partial charge in [-0.3, -0.25) is 4.79 Å². The van der Waals surface area contributed by atoms with E-state index < -0.39 is 11.0 Å². The Labute approximate surface area is 144 Å². The van der Waals surface area contributed by atoms with Crippen LogP contribution in [0.25, 0.3) is 0 Å². The van der Waals surface area contributed by atoms with Crippen LogP contribution in [0.1, 0.15) is 59.8 Å². The van der Waals surface area contributed by atoms with Gasteiger partial charge in [-0.2, -0.15) is 0 Å². The van der Waals surface area contributed by atoms with Crippen LogP contribution in [-0.2, 0) is 14.3 Å². The molecule has 0 aromatic rings. The zero-order valence-electron chi connectivity index (χ0n) is 15.1. The molecule has 3 aliphatic rings. The van der Waals surface area contributed by atoms with Crippen molar-refractivity contribution in [1.29, 1.82) is 0 Å². The van der Waals surface area contributed by atoms with Gasteiger partial charge in [-0.25, -0.2) is 4.79 Å². The molecule has 1 aliphatic heterocycles. The molecule has 0 amide bonds. The Morgan fingerprint density at radius 3 is 2.54 bits per heavy atom. The van der Waals surface area contributed by atoms with E-state index in [1.54, 1.807) is 6.08 Å². The number of ether oxygens (including phenoxy) is 1. The smallest absolute Gasteiger partial charge is 0.331 e. The summed E-state index contributed by atoms with van der Waals surface area (Å²) in [5.41, 5.74) is 0.0916. The Balaban J connectivity index is 1.95. The average Bonchev–Trinajstić information content (AvgIpc) is 2.87. The molecule has 2 aliphatic carbocycles. The second-order valence-corrected chi connectivity index (χ2v) is 8.69. The van der Waals surface area contributed by atoms with Crippen molar-refractivity contribution >= 4 is 11.8 Å². The third kappa shape index (κ3) is 2.46. The first-order valence-corrected chi connectivity index (χ1v) is 8.91. The number of fused-ring (bicyclic) bond motifs is 1. The second-order valence-electron chi connectivity index (χ2n) is 8.69. The van der Waals surface area contributed by atoms with Crippen LogP contribution in [0.5, 0.6) is 0 Å². The molecule has 0 aromatic heterocycles. The van der Waals surface area contributed by atoms with Gasteiger partial charge in [0.1, 0.15) is 6.61 Å². The normalized spacial score (nSPS) is 38.3. The van der Waals surface area contributed by atoms with E-state index in [4.69, 9.17) is 4.74 Å². The molecule has 1 heterocycles. The maximum atomic E-state index is 12.8. The molecule has 132 valence electrons. The van der Waals surface area contributed by atoms with Gasteiger partial charge in [0.25, 0.3) is 0 Å². The number of rotatable bonds is 3. The topological polar surface area (TPSA) is 63.6 Å². The second kappa shape index (κ2) is 5.55. The molecule has 3 rings (SSSR count). The Morgan fingerprint density at radius 2 is 1.92 bits per heavy atom. The fourth-order valence-electron chi connectivity index (χ4n) is 5.46. The van der Waals surface area contributed by atoms with Crippen molar-refractivity contribution in [3.8, 4) is 0 Å². The molecule has 0 spiro atoms. The van der Waals surface area contributed by atoms with E-state index in [1.165, 1.54) is 6.08 Å². The molecule has 1 fully saturated rings. The van der Waals surface area contributed by atoms with Gasteiger partial charge in [-0.05, 0) is 55.2 Å². The van der Waals surface area contributed by atoms with Gasteiger partial charge in [0.05, 0.1) is 5.60 Å². The number of allylic oxidation sites excluding steroid dienone is 1. The molecular formula is C20H28O4. The van der Waals surface area contributed by atoms with Crippen LogP contribution in [0.2, 0.25) is 0 Å². The molecule has 1 N–H and O–H groups in total.